The maximum absolute atomic E-state index is 9.00. The van der Waals surface area contributed by atoms with E-state index in [4.69, 9.17) is 5.26 Å². The van der Waals surface area contributed by atoms with Gasteiger partial charge in [-0.25, -0.2) is 0 Å². The molecule has 0 spiro atoms. The molecule has 1 heterocycles. The number of nitrogens with one attached hydrogen (secondary N) is 1. The Balaban J connectivity index is 2.05. The highest BCUT2D eigenvalue weighted by atomic mass is 15.3. The molecular weight excluding hydrogens is 224 g/mol. The maximum atomic E-state index is 9.00. The lowest BCUT2D eigenvalue weighted by atomic mass is 10.1. The van der Waals surface area contributed by atoms with Crippen LogP contribution < -0.4 is 5.32 Å². The molecule has 0 aliphatic heterocycles. The third-order valence-electron chi connectivity index (χ3n) is 2.74. The number of benzene rings is 1. The first-order valence-corrected chi connectivity index (χ1v) is 5.97. The van der Waals surface area contributed by atoms with E-state index in [1.54, 1.807) is 0 Å². The minimum Gasteiger partial charge on any atom is -0.364 e. The number of hydrogen-bond acceptors (Lipinski definition) is 3. The maximum Gasteiger partial charge on any atom is 0.148 e. The van der Waals surface area contributed by atoms with E-state index in [0.29, 0.717) is 18.2 Å². The van der Waals surface area contributed by atoms with Gasteiger partial charge in [-0.1, -0.05) is 18.2 Å². The predicted molar refractivity (Wildman–Crippen MR) is 71.1 cm³/mol. The van der Waals surface area contributed by atoms with E-state index in [0.717, 1.165) is 11.4 Å². The summed E-state index contributed by atoms with van der Waals surface area (Å²) < 4.78 is 1.90. The van der Waals surface area contributed by atoms with Crippen molar-refractivity contribution in [2.75, 3.05) is 5.32 Å². The molecule has 0 amide bonds. The molecule has 1 aromatic carbocycles. The topological polar surface area (TPSA) is 53.6 Å². The molecule has 0 radical (unpaired) electrons. The summed E-state index contributed by atoms with van der Waals surface area (Å²) in [4.78, 5) is 0. The fourth-order valence-corrected chi connectivity index (χ4v) is 1.69. The van der Waals surface area contributed by atoms with Crippen molar-refractivity contribution in [3.05, 3.63) is 47.7 Å². The molecule has 0 aliphatic carbocycles. The predicted octanol–water partition coefficient (Wildman–Crippen LogP) is 2.95. The average Bonchev–Trinajstić information content (AvgIpc) is 2.85. The van der Waals surface area contributed by atoms with E-state index in [1.807, 2.05) is 41.2 Å². The zero-order valence-electron chi connectivity index (χ0n) is 10.6. The Morgan fingerprint density at radius 1 is 1.33 bits per heavy atom. The average molecular weight is 240 g/mol. The summed E-state index contributed by atoms with van der Waals surface area (Å²) >= 11 is 0. The van der Waals surface area contributed by atoms with Crippen LogP contribution in [0.2, 0.25) is 0 Å². The normalized spacial score (nSPS) is 10.3. The first kappa shape index (κ1) is 12.2. The second-order valence-electron chi connectivity index (χ2n) is 4.40. The highest BCUT2D eigenvalue weighted by molar-refractivity contribution is 5.41. The minimum atomic E-state index is 0.354. The number of anilines is 1. The Labute approximate surface area is 107 Å². The summed E-state index contributed by atoms with van der Waals surface area (Å²) in [5.41, 5.74) is 1.69. The molecule has 4 nitrogen and oxygen atoms in total. The Morgan fingerprint density at radius 3 is 2.78 bits per heavy atom. The number of aromatic nitrogens is 2. The van der Waals surface area contributed by atoms with Crippen molar-refractivity contribution in [3.63, 3.8) is 0 Å². The van der Waals surface area contributed by atoms with Gasteiger partial charge >= 0.3 is 0 Å². The second kappa shape index (κ2) is 5.37. The van der Waals surface area contributed by atoms with Gasteiger partial charge in [0.2, 0.25) is 0 Å². The molecule has 0 atom stereocenters. The van der Waals surface area contributed by atoms with E-state index in [2.05, 4.69) is 30.3 Å². The molecule has 0 aliphatic rings. The van der Waals surface area contributed by atoms with Crippen molar-refractivity contribution < 1.29 is 0 Å². The van der Waals surface area contributed by atoms with Crippen LogP contribution in [0.15, 0.2) is 36.5 Å². The van der Waals surface area contributed by atoms with Crippen molar-refractivity contribution in [1.29, 1.82) is 5.26 Å². The van der Waals surface area contributed by atoms with Gasteiger partial charge in [-0.15, -0.1) is 0 Å². The Bertz CT molecular complexity index is 563. The van der Waals surface area contributed by atoms with Crippen LogP contribution in [-0.4, -0.2) is 9.78 Å². The highest BCUT2D eigenvalue weighted by Gasteiger charge is 2.03. The first-order chi connectivity index (χ1) is 8.70. The van der Waals surface area contributed by atoms with Gasteiger partial charge in [0.1, 0.15) is 5.82 Å². The van der Waals surface area contributed by atoms with E-state index >= 15 is 0 Å². The smallest absolute Gasteiger partial charge is 0.148 e. The van der Waals surface area contributed by atoms with E-state index < -0.39 is 0 Å². The van der Waals surface area contributed by atoms with Crippen molar-refractivity contribution in [2.45, 2.75) is 26.4 Å². The molecule has 2 rings (SSSR count). The third kappa shape index (κ3) is 2.69. The fourth-order valence-electron chi connectivity index (χ4n) is 1.69. The lowest BCUT2D eigenvalue weighted by Crippen LogP contribution is -2.05. The zero-order chi connectivity index (χ0) is 13.0. The Hall–Kier alpha value is -2.28. The molecule has 4 heteroatoms. The van der Waals surface area contributed by atoms with Crippen molar-refractivity contribution in [1.82, 2.24) is 9.78 Å². The van der Waals surface area contributed by atoms with E-state index in [9.17, 15) is 0 Å². The summed E-state index contributed by atoms with van der Waals surface area (Å²) in [5, 5.41) is 16.6. The van der Waals surface area contributed by atoms with Gasteiger partial charge < -0.3 is 5.32 Å². The molecule has 0 saturated carbocycles. The van der Waals surface area contributed by atoms with Crippen LogP contribution in [0.1, 0.15) is 31.0 Å². The van der Waals surface area contributed by atoms with Gasteiger partial charge in [-0.2, -0.15) is 10.4 Å². The molecule has 1 aromatic heterocycles. The van der Waals surface area contributed by atoms with Crippen LogP contribution in [0.25, 0.3) is 0 Å². The number of nitriles is 1. The van der Waals surface area contributed by atoms with Crippen molar-refractivity contribution in [3.8, 4) is 6.07 Å². The summed E-state index contributed by atoms with van der Waals surface area (Å²) in [5.74, 6) is 0.830. The van der Waals surface area contributed by atoms with E-state index in [1.165, 1.54) is 0 Å². The van der Waals surface area contributed by atoms with Gasteiger partial charge in [0, 0.05) is 24.8 Å². The second-order valence-corrected chi connectivity index (χ2v) is 4.40. The largest absolute Gasteiger partial charge is 0.364 e. The quantitative estimate of drug-likeness (QED) is 0.893. The molecular formula is C14H16N4. The van der Waals surface area contributed by atoms with Crippen molar-refractivity contribution in [2.24, 2.45) is 0 Å². The molecule has 0 bridgehead atoms. The lowest BCUT2D eigenvalue weighted by Gasteiger charge is -2.06. The number of rotatable bonds is 4. The first-order valence-electron chi connectivity index (χ1n) is 5.97. The number of nitrogens with zero attached hydrogens (tertiary/aromatic N) is 3. The van der Waals surface area contributed by atoms with Crippen LogP contribution >= 0.6 is 0 Å². The summed E-state index contributed by atoms with van der Waals surface area (Å²) in [6.07, 6.45) is 1.95. The van der Waals surface area contributed by atoms with Gasteiger partial charge in [0.15, 0.2) is 0 Å². The molecule has 0 saturated heterocycles. The molecule has 0 fully saturated rings. The molecule has 0 unspecified atom stereocenters. The molecule has 18 heavy (non-hydrogen) atoms. The van der Waals surface area contributed by atoms with Gasteiger partial charge in [-0.05, 0) is 25.5 Å². The third-order valence-corrected chi connectivity index (χ3v) is 2.74. The minimum absolute atomic E-state index is 0.354. The fraction of sp³-hybridized carbons (Fsp3) is 0.286. The van der Waals surface area contributed by atoms with Crippen LogP contribution in [-0.2, 0) is 6.54 Å². The number of hydrogen-bond donors (Lipinski definition) is 1. The van der Waals surface area contributed by atoms with Crippen LogP contribution in [0.5, 0.6) is 0 Å². The lowest BCUT2D eigenvalue weighted by molar-refractivity contribution is 0.534. The SMILES string of the molecule is CC(C)n1ccc(NCc2ccccc2C#N)n1. The van der Waals surface area contributed by atoms with E-state index in [-0.39, 0.29) is 0 Å². The monoisotopic (exact) mass is 240 g/mol. The van der Waals surface area contributed by atoms with Crippen molar-refractivity contribution >= 4 is 5.82 Å². The van der Waals surface area contributed by atoms with Gasteiger partial charge in [0.05, 0.1) is 11.6 Å². The zero-order valence-corrected chi connectivity index (χ0v) is 10.6. The molecule has 2 aromatic rings. The van der Waals surface area contributed by atoms with Crippen LogP contribution in [0.4, 0.5) is 5.82 Å². The molecule has 92 valence electrons. The van der Waals surface area contributed by atoms with Gasteiger partial charge in [0.25, 0.3) is 0 Å². The van der Waals surface area contributed by atoms with Crippen LogP contribution in [0.3, 0.4) is 0 Å². The summed E-state index contributed by atoms with van der Waals surface area (Å²) in [7, 11) is 0. The van der Waals surface area contributed by atoms with Gasteiger partial charge in [-0.3, -0.25) is 4.68 Å². The standard InChI is InChI=1S/C14H16N4/c1-11(2)18-8-7-14(17-18)16-10-13-6-4-3-5-12(13)9-15/h3-8,11H,10H2,1-2H3,(H,16,17). The summed E-state index contributed by atoms with van der Waals surface area (Å²) in [6, 6.07) is 12.1. The highest BCUT2D eigenvalue weighted by Crippen LogP contribution is 2.12. The Morgan fingerprint density at radius 2 is 2.11 bits per heavy atom. The molecule has 1 N–H and O–H groups in total. The Kier molecular flexibility index (Phi) is 3.63. The van der Waals surface area contributed by atoms with Crippen LogP contribution in [0, 0.1) is 11.3 Å². The summed E-state index contributed by atoms with van der Waals surface area (Å²) in [6.45, 7) is 4.78.